The van der Waals surface area contributed by atoms with Crippen LogP contribution in [0.4, 0.5) is 45.5 Å². The van der Waals surface area contributed by atoms with Crippen LogP contribution >= 0.6 is 0 Å². The average Bonchev–Trinajstić information content (AvgIpc) is 3.01. The van der Waals surface area contributed by atoms with Crippen molar-refractivity contribution >= 4 is 57.3 Å². The Hall–Kier alpha value is -5.82. The second-order valence-corrected chi connectivity index (χ2v) is 9.86. The number of amides is 2. The van der Waals surface area contributed by atoms with Gasteiger partial charge in [0.2, 0.25) is 11.8 Å². The van der Waals surface area contributed by atoms with Crippen molar-refractivity contribution < 1.29 is 19.4 Å². The summed E-state index contributed by atoms with van der Waals surface area (Å²) in [6.07, 6.45) is 0.190. The molecule has 0 aliphatic rings. The maximum atomic E-state index is 12.5. The second kappa shape index (κ2) is 14.9. The van der Waals surface area contributed by atoms with E-state index < -0.39 is 9.85 Å². The standard InChI is InChI=1S/C31H31N7O6/c1-36(18-16-30(39)34-24-12-14-26(28(20-24)37(41)42)32-22-8-4-2-5-9-22)19-17-31(40)35-25-13-15-27(29(21-25)38(43)44)33-23-10-6-3-7-11-23/h2-15,20-21,32-33H,16-19H2,1H3,(H,34,39)(H,35,40). The average molecular weight is 598 g/mol. The van der Waals surface area contributed by atoms with Gasteiger partial charge < -0.3 is 26.2 Å². The highest BCUT2D eigenvalue weighted by molar-refractivity contribution is 5.93. The molecule has 0 unspecified atom stereocenters. The minimum absolute atomic E-state index is 0.0952. The molecule has 13 heteroatoms. The van der Waals surface area contributed by atoms with Crippen molar-refractivity contribution in [3.63, 3.8) is 0 Å². The molecule has 4 N–H and O–H groups in total. The number of nitro groups is 2. The second-order valence-electron chi connectivity index (χ2n) is 9.86. The predicted octanol–water partition coefficient (Wildman–Crippen LogP) is 6.28. The van der Waals surface area contributed by atoms with E-state index in [-0.39, 0.29) is 36.0 Å². The summed E-state index contributed by atoms with van der Waals surface area (Å²) < 4.78 is 0. The Morgan fingerprint density at radius 1 is 0.614 bits per heavy atom. The molecular weight excluding hydrogens is 566 g/mol. The summed E-state index contributed by atoms with van der Waals surface area (Å²) in [6, 6.07) is 26.9. The zero-order valence-corrected chi connectivity index (χ0v) is 23.9. The molecule has 0 fully saturated rings. The van der Waals surface area contributed by atoms with Crippen LogP contribution in [0.25, 0.3) is 0 Å². The van der Waals surface area contributed by atoms with Crippen molar-refractivity contribution in [3.8, 4) is 0 Å². The lowest BCUT2D eigenvalue weighted by atomic mass is 10.2. The number of nitrogens with one attached hydrogen (secondary N) is 4. The molecule has 0 bridgehead atoms. The van der Waals surface area contributed by atoms with Crippen molar-refractivity contribution in [2.24, 2.45) is 0 Å². The van der Waals surface area contributed by atoms with E-state index in [0.29, 0.717) is 47.2 Å². The van der Waals surface area contributed by atoms with Gasteiger partial charge in [0, 0.05) is 60.8 Å². The molecule has 4 rings (SSSR count). The van der Waals surface area contributed by atoms with Crippen molar-refractivity contribution in [2.75, 3.05) is 41.4 Å². The fourth-order valence-corrected chi connectivity index (χ4v) is 4.23. The van der Waals surface area contributed by atoms with E-state index in [1.54, 1.807) is 48.3 Å². The van der Waals surface area contributed by atoms with Gasteiger partial charge in [0.25, 0.3) is 11.4 Å². The lowest BCUT2D eigenvalue weighted by Gasteiger charge is -2.16. The summed E-state index contributed by atoms with van der Waals surface area (Å²) in [5.74, 6) is -0.674. The summed E-state index contributed by atoms with van der Waals surface area (Å²) in [4.78, 5) is 49.0. The molecule has 0 heterocycles. The summed E-state index contributed by atoms with van der Waals surface area (Å²) >= 11 is 0. The number of hydrogen-bond donors (Lipinski definition) is 4. The van der Waals surface area contributed by atoms with Crippen LogP contribution < -0.4 is 21.3 Å². The van der Waals surface area contributed by atoms with Gasteiger partial charge in [-0.25, -0.2) is 0 Å². The third kappa shape index (κ3) is 9.09. The number of benzene rings is 4. The number of carbonyl (C=O) groups excluding carboxylic acids is 2. The Morgan fingerprint density at radius 2 is 1.00 bits per heavy atom. The van der Waals surface area contributed by atoms with Crippen molar-refractivity contribution in [1.82, 2.24) is 4.90 Å². The summed E-state index contributed by atoms with van der Waals surface area (Å²) in [5, 5.41) is 34.6. The van der Waals surface area contributed by atoms with Gasteiger partial charge in [-0.2, -0.15) is 0 Å². The highest BCUT2D eigenvalue weighted by Gasteiger charge is 2.18. The molecule has 0 radical (unpaired) electrons. The van der Waals surface area contributed by atoms with Gasteiger partial charge in [0.15, 0.2) is 0 Å². The lowest BCUT2D eigenvalue weighted by Crippen LogP contribution is -2.27. The molecule has 0 aliphatic heterocycles. The summed E-state index contributed by atoms with van der Waals surface area (Å²) in [7, 11) is 1.75. The SMILES string of the molecule is CN(CCC(=O)Nc1ccc(Nc2ccccc2)c([N+](=O)[O-])c1)CCC(=O)Nc1ccc(Nc2ccccc2)c([N+](=O)[O-])c1. The van der Waals surface area contributed by atoms with Crippen LogP contribution in [0.3, 0.4) is 0 Å². The van der Waals surface area contributed by atoms with E-state index in [2.05, 4.69) is 21.3 Å². The highest BCUT2D eigenvalue weighted by Crippen LogP contribution is 2.31. The largest absolute Gasteiger partial charge is 0.350 e. The van der Waals surface area contributed by atoms with Crippen LogP contribution in [0.1, 0.15) is 12.8 Å². The van der Waals surface area contributed by atoms with E-state index in [1.165, 1.54) is 24.3 Å². The fraction of sp³-hybridized carbons (Fsp3) is 0.161. The zero-order valence-electron chi connectivity index (χ0n) is 23.9. The Balaban J connectivity index is 1.24. The van der Waals surface area contributed by atoms with E-state index >= 15 is 0 Å². The molecule has 0 saturated carbocycles. The lowest BCUT2D eigenvalue weighted by molar-refractivity contribution is -0.384. The van der Waals surface area contributed by atoms with Crippen LogP contribution in [0, 0.1) is 20.2 Å². The third-order valence-electron chi connectivity index (χ3n) is 6.50. The Kier molecular flexibility index (Phi) is 10.5. The van der Waals surface area contributed by atoms with Gasteiger partial charge in [-0.15, -0.1) is 0 Å². The fourth-order valence-electron chi connectivity index (χ4n) is 4.23. The highest BCUT2D eigenvalue weighted by atomic mass is 16.6. The molecule has 226 valence electrons. The maximum absolute atomic E-state index is 12.5. The number of nitrogens with zero attached hydrogens (tertiary/aromatic N) is 3. The molecule has 0 aliphatic carbocycles. The van der Waals surface area contributed by atoms with Crippen molar-refractivity contribution in [2.45, 2.75) is 12.8 Å². The number of para-hydroxylation sites is 2. The van der Waals surface area contributed by atoms with E-state index in [4.69, 9.17) is 0 Å². The van der Waals surface area contributed by atoms with Gasteiger partial charge in [-0.1, -0.05) is 36.4 Å². The number of hydrogen-bond acceptors (Lipinski definition) is 9. The molecule has 0 saturated heterocycles. The van der Waals surface area contributed by atoms with E-state index in [1.807, 2.05) is 36.4 Å². The summed E-state index contributed by atoms with van der Waals surface area (Å²) in [5.41, 5.74) is 2.21. The molecule has 2 amide bonds. The Morgan fingerprint density at radius 3 is 1.36 bits per heavy atom. The predicted molar refractivity (Wildman–Crippen MR) is 170 cm³/mol. The smallest absolute Gasteiger partial charge is 0.294 e. The monoisotopic (exact) mass is 597 g/mol. The molecular formula is C31H31N7O6. The Bertz CT molecular complexity index is 1510. The summed E-state index contributed by atoms with van der Waals surface area (Å²) in [6.45, 7) is 0.667. The number of anilines is 6. The minimum Gasteiger partial charge on any atom is -0.350 e. The first-order valence-electron chi connectivity index (χ1n) is 13.7. The quantitative estimate of drug-likeness (QED) is 0.0964. The zero-order chi connectivity index (χ0) is 31.5. The normalized spacial score (nSPS) is 10.6. The van der Waals surface area contributed by atoms with Crippen molar-refractivity contribution in [1.29, 1.82) is 0 Å². The van der Waals surface area contributed by atoms with E-state index in [9.17, 15) is 29.8 Å². The minimum atomic E-state index is -0.520. The van der Waals surface area contributed by atoms with Crippen LogP contribution in [-0.4, -0.2) is 46.7 Å². The third-order valence-corrected chi connectivity index (χ3v) is 6.50. The number of carbonyl (C=O) groups is 2. The van der Waals surface area contributed by atoms with E-state index in [0.717, 1.165) is 0 Å². The molecule has 4 aromatic rings. The molecule has 0 atom stereocenters. The van der Waals surface area contributed by atoms with Crippen molar-refractivity contribution in [3.05, 3.63) is 117 Å². The first-order valence-corrected chi connectivity index (χ1v) is 13.7. The first-order chi connectivity index (χ1) is 21.2. The number of rotatable bonds is 14. The van der Waals surface area contributed by atoms with Gasteiger partial charge >= 0.3 is 0 Å². The Labute approximate surface area is 253 Å². The van der Waals surface area contributed by atoms with Gasteiger partial charge in [0.05, 0.1) is 9.85 Å². The van der Waals surface area contributed by atoms with Crippen LogP contribution in [0.15, 0.2) is 97.1 Å². The van der Waals surface area contributed by atoms with Crippen LogP contribution in [0.2, 0.25) is 0 Å². The maximum Gasteiger partial charge on any atom is 0.294 e. The number of nitro benzene ring substituents is 2. The van der Waals surface area contributed by atoms with Gasteiger partial charge in [0.1, 0.15) is 11.4 Å². The van der Waals surface area contributed by atoms with Gasteiger partial charge in [-0.05, 0) is 55.6 Å². The van der Waals surface area contributed by atoms with Crippen LogP contribution in [0.5, 0.6) is 0 Å². The molecule has 44 heavy (non-hydrogen) atoms. The first kappa shape index (κ1) is 31.1. The topological polar surface area (TPSA) is 172 Å². The van der Waals surface area contributed by atoms with Crippen LogP contribution in [-0.2, 0) is 9.59 Å². The van der Waals surface area contributed by atoms with Gasteiger partial charge in [-0.3, -0.25) is 29.8 Å². The molecule has 13 nitrogen and oxygen atoms in total. The molecule has 0 aromatic heterocycles. The molecule has 4 aromatic carbocycles. The molecule has 0 spiro atoms.